The largest absolute Gasteiger partial charge is 0.465 e. The van der Waals surface area contributed by atoms with Crippen LogP contribution in [-0.2, 0) is 20.8 Å². The summed E-state index contributed by atoms with van der Waals surface area (Å²) in [5, 5.41) is 0. The van der Waals surface area contributed by atoms with Crippen molar-refractivity contribution in [1.82, 2.24) is 4.90 Å². The number of hydrogen-bond acceptors (Lipinski definition) is 6. The third-order valence-corrected chi connectivity index (χ3v) is 6.94. The van der Waals surface area contributed by atoms with E-state index in [2.05, 4.69) is 0 Å². The first kappa shape index (κ1) is 29.0. The van der Waals surface area contributed by atoms with E-state index in [9.17, 15) is 23.2 Å². The van der Waals surface area contributed by atoms with Gasteiger partial charge in [-0.05, 0) is 44.9 Å². The summed E-state index contributed by atoms with van der Waals surface area (Å²) in [7, 11) is 2.68. The average Bonchev–Trinajstić information content (AvgIpc) is 2.89. The van der Waals surface area contributed by atoms with Gasteiger partial charge in [0, 0.05) is 37.4 Å². The number of amides is 2. The number of carbonyl (C=O) groups is 3. The zero-order chi connectivity index (χ0) is 29.3. The summed E-state index contributed by atoms with van der Waals surface area (Å²) in [6.45, 7) is 5.42. The lowest BCUT2D eigenvalue weighted by Gasteiger charge is -2.49. The highest BCUT2D eigenvalue weighted by Crippen LogP contribution is 2.57. The van der Waals surface area contributed by atoms with Crippen LogP contribution in [-0.4, -0.2) is 55.3 Å². The molecule has 1 saturated carbocycles. The molecular weight excluding hydrogens is 522 g/mol. The predicted molar refractivity (Wildman–Crippen MR) is 145 cm³/mol. The molecule has 2 aromatic carbocycles. The van der Waals surface area contributed by atoms with Crippen molar-refractivity contribution in [3.63, 3.8) is 0 Å². The fourth-order valence-electron chi connectivity index (χ4n) is 5.06. The number of esters is 1. The minimum absolute atomic E-state index is 0.0194. The number of halogens is 2. The number of anilines is 1. The van der Waals surface area contributed by atoms with Gasteiger partial charge in [0.25, 0.3) is 0 Å². The Hall–Kier alpha value is -3.95. The number of carbonyl (C=O) groups excluding carboxylic acids is 3. The van der Waals surface area contributed by atoms with Crippen LogP contribution in [0.4, 0.5) is 24.1 Å². The number of methoxy groups -OCH3 is 1. The topological polar surface area (TPSA) is 85.4 Å². The molecule has 214 valence electrons. The summed E-state index contributed by atoms with van der Waals surface area (Å²) in [6, 6.07) is 13.7. The maximum Gasteiger partial charge on any atom is 0.414 e. The molecular formula is C30H34F2N2O6. The Bertz CT molecular complexity index is 1310. The fourth-order valence-corrected chi connectivity index (χ4v) is 5.06. The summed E-state index contributed by atoms with van der Waals surface area (Å²) < 4.78 is 43.9. The molecule has 0 bridgehead atoms. The van der Waals surface area contributed by atoms with Crippen LogP contribution in [0.5, 0.6) is 0 Å². The van der Waals surface area contributed by atoms with E-state index in [1.807, 2.05) is 30.3 Å². The first-order valence-corrected chi connectivity index (χ1v) is 13.0. The van der Waals surface area contributed by atoms with Crippen LogP contribution < -0.4 is 4.90 Å². The number of alkyl halides is 2. The third-order valence-electron chi connectivity index (χ3n) is 6.94. The van der Waals surface area contributed by atoms with Crippen molar-refractivity contribution in [3.8, 4) is 0 Å². The maximum atomic E-state index is 14.0. The molecule has 0 atom stereocenters. The van der Waals surface area contributed by atoms with Crippen molar-refractivity contribution < 1.29 is 37.4 Å². The molecule has 0 saturated heterocycles. The molecule has 1 aliphatic heterocycles. The highest BCUT2D eigenvalue weighted by Gasteiger charge is 2.56. The van der Waals surface area contributed by atoms with E-state index < -0.39 is 35.1 Å². The molecule has 8 nitrogen and oxygen atoms in total. The van der Waals surface area contributed by atoms with E-state index in [0.717, 1.165) is 5.56 Å². The molecule has 1 spiro atoms. The molecule has 2 aliphatic rings. The van der Waals surface area contributed by atoms with E-state index in [1.54, 1.807) is 39.0 Å². The van der Waals surface area contributed by atoms with E-state index in [1.165, 1.54) is 30.0 Å². The van der Waals surface area contributed by atoms with Gasteiger partial charge in [0.1, 0.15) is 12.2 Å². The number of rotatable bonds is 5. The number of benzene rings is 2. The molecule has 1 aliphatic carbocycles. The van der Waals surface area contributed by atoms with Crippen LogP contribution in [0.15, 0.2) is 54.6 Å². The molecule has 1 heterocycles. The van der Waals surface area contributed by atoms with Gasteiger partial charge in [-0.3, -0.25) is 9.80 Å². The van der Waals surface area contributed by atoms with Crippen molar-refractivity contribution >= 4 is 29.5 Å². The zero-order valence-electron chi connectivity index (χ0n) is 23.3. The van der Waals surface area contributed by atoms with Crippen molar-refractivity contribution in [3.05, 3.63) is 71.3 Å². The van der Waals surface area contributed by atoms with Crippen molar-refractivity contribution in [2.75, 3.05) is 25.6 Å². The number of nitrogens with zero attached hydrogens (tertiary/aromatic N) is 2. The second kappa shape index (κ2) is 10.9. The van der Waals surface area contributed by atoms with Crippen LogP contribution in [0, 0.1) is 5.41 Å². The van der Waals surface area contributed by atoms with Gasteiger partial charge in [0.15, 0.2) is 0 Å². The van der Waals surface area contributed by atoms with Gasteiger partial charge in [0.05, 0.1) is 24.1 Å². The van der Waals surface area contributed by atoms with Crippen molar-refractivity contribution in [2.45, 2.75) is 58.2 Å². The fraction of sp³-hybridized carbons (Fsp3) is 0.433. The Kier molecular flexibility index (Phi) is 7.92. The number of allylic oxidation sites excluding steroid dienone is 1. The molecule has 1 fully saturated rings. The van der Waals surface area contributed by atoms with E-state index in [-0.39, 0.29) is 37.2 Å². The lowest BCUT2D eigenvalue weighted by molar-refractivity contribution is -0.146. The summed E-state index contributed by atoms with van der Waals surface area (Å²) in [5.41, 5.74) is 0.337. The smallest absolute Gasteiger partial charge is 0.414 e. The Morgan fingerprint density at radius 1 is 1.05 bits per heavy atom. The third kappa shape index (κ3) is 6.43. The monoisotopic (exact) mass is 556 g/mol. The lowest BCUT2D eigenvalue weighted by Crippen LogP contribution is -2.50. The molecule has 0 unspecified atom stereocenters. The van der Waals surface area contributed by atoms with Crippen LogP contribution >= 0.6 is 0 Å². The van der Waals surface area contributed by atoms with Gasteiger partial charge in [-0.25, -0.2) is 23.2 Å². The second-order valence-corrected chi connectivity index (χ2v) is 11.3. The Morgan fingerprint density at radius 2 is 1.73 bits per heavy atom. The minimum Gasteiger partial charge on any atom is -0.465 e. The van der Waals surface area contributed by atoms with Crippen molar-refractivity contribution in [2.24, 2.45) is 5.41 Å². The number of ether oxygens (including phenoxy) is 3. The van der Waals surface area contributed by atoms with E-state index in [0.29, 0.717) is 17.7 Å². The normalized spacial score (nSPS) is 17.4. The van der Waals surface area contributed by atoms with Crippen LogP contribution in [0.25, 0.3) is 5.70 Å². The summed E-state index contributed by atoms with van der Waals surface area (Å²) in [4.78, 5) is 41.4. The Balaban J connectivity index is 1.71. The Morgan fingerprint density at radius 3 is 2.33 bits per heavy atom. The SMILES string of the molecule is COC(=O)c1ccc(C2=CC3(CCN2C(=O)OC(C)(C)C)CC(F)(F)C3)cc1N(C)C(=O)OCc1ccccc1. The minimum atomic E-state index is -2.77. The van der Waals surface area contributed by atoms with E-state index in [4.69, 9.17) is 14.2 Å². The Labute approximate surface area is 232 Å². The summed E-state index contributed by atoms with van der Waals surface area (Å²) >= 11 is 0. The van der Waals surface area contributed by atoms with E-state index >= 15 is 0 Å². The molecule has 4 rings (SSSR count). The molecule has 2 amide bonds. The van der Waals surface area contributed by atoms with Gasteiger partial charge in [-0.2, -0.15) is 0 Å². The van der Waals surface area contributed by atoms with Gasteiger partial charge in [0.2, 0.25) is 5.92 Å². The predicted octanol–water partition coefficient (Wildman–Crippen LogP) is 6.64. The van der Waals surface area contributed by atoms with Gasteiger partial charge < -0.3 is 14.2 Å². The van der Waals surface area contributed by atoms with Gasteiger partial charge >= 0.3 is 18.2 Å². The first-order valence-electron chi connectivity index (χ1n) is 13.0. The molecule has 0 N–H and O–H groups in total. The summed E-state index contributed by atoms with van der Waals surface area (Å²) in [6.07, 6.45) is 0.0958. The zero-order valence-corrected chi connectivity index (χ0v) is 23.3. The van der Waals surface area contributed by atoms with Crippen LogP contribution in [0.2, 0.25) is 0 Å². The lowest BCUT2D eigenvalue weighted by atomic mass is 9.62. The molecule has 0 aromatic heterocycles. The summed E-state index contributed by atoms with van der Waals surface area (Å²) in [5.74, 6) is -3.45. The highest BCUT2D eigenvalue weighted by atomic mass is 19.3. The van der Waals surface area contributed by atoms with Crippen LogP contribution in [0.1, 0.15) is 61.5 Å². The van der Waals surface area contributed by atoms with Crippen LogP contribution in [0.3, 0.4) is 0 Å². The molecule has 0 radical (unpaired) electrons. The van der Waals surface area contributed by atoms with Gasteiger partial charge in [-0.1, -0.05) is 42.5 Å². The molecule has 40 heavy (non-hydrogen) atoms. The average molecular weight is 557 g/mol. The second-order valence-electron chi connectivity index (χ2n) is 11.3. The maximum absolute atomic E-state index is 14.0. The standard InChI is InChI=1S/C30H34F2N2O6/c1-28(2,3)40-27(37)34-14-13-29(18-30(31,32)19-29)16-24(34)21-11-12-22(25(35)38-5)23(15-21)33(4)26(36)39-17-20-9-7-6-8-10-20/h6-12,15-16H,13-14,17-19H2,1-5H3. The first-order chi connectivity index (χ1) is 18.7. The molecule has 2 aromatic rings. The number of hydrogen-bond donors (Lipinski definition) is 0. The van der Waals surface area contributed by atoms with Gasteiger partial charge in [-0.15, -0.1) is 0 Å². The quantitative estimate of drug-likeness (QED) is 0.303. The highest BCUT2D eigenvalue weighted by molar-refractivity contribution is 6.01. The molecule has 10 heteroatoms. The van der Waals surface area contributed by atoms with Crippen molar-refractivity contribution in [1.29, 1.82) is 0 Å².